The number of hydrogen-bond donors (Lipinski definition) is 2. The van der Waals surface area contributed by atoms with Crippen molar-refractivity contribution >= 4 is 52.4 Å². The standard InChI is InChI=1S/C21H22IN3O2/c1-14(2)17-10-8-16(9-11-17)12-15(3)13-23-25-21(27)20(26)24-19-7-5-4-6-18(19)22/h4-14H,1-3H3,(H,24,26)(H,25,27)/b15-12-,23-13?. The van der Waals surface area contributed by atoms with Crippen LogP contribution in [-0.4, -0.2) is 18.0 Å². The third kappa shape index (κ3) is 6.63. The Hall–Kier alpha value is -2.48. The topological polar surface area (TPSA) is 70.6 Å². The number of anilines is 1. The smallest absolute Gasteiger partial charge is 0.317 e. The van der Waals surface area contributed by atoms with Gasteiger partial charge in [-0.2, -0.15) is 5.10 Å². The molecule has 0 aliphatic heterocycles. The quantitative estimate of drug-likeness (QED) is 0.288. The van der Waals surface area contributed by atoms with Gasteiger partial charge >= 0.3 is 11.8 Å². The molecule has 0 spiro atoms. The average Bonchev–Trinajstić information content (AvgIpc) is 2.63. The van der Waals surface area contributed by atoms with E-state index in [2.05, 4.69) is 64.4 Å². The molecule has 0 bridgehead atoms. The van der Waals surface area contributed by atoms with Crippen LogP contribution in [0.25, 0.3) is 6.08 Å². The van der Waals surface area contributed by atoms with Gasteiger partial charge in [-0.25, -0.2) is 5.43 Å². The van der Waals surface area contributed by atoms with Gasteiger partial charge in [0.05, 0.1) is 11.9 Å². The molecule has 0 saturated carbocycles. The van der Waals surface area contributed by atoms with Gasteiger partial charge in [-0.05, 0) is 64.3 Å². The maximum Gasteiger partial charge on any atom is 0.329 e. The Balaban J connectivity index is 1.90. The molecular weight excluding hydrogens is 453 g/mol. The van der Waals surface area contributed by atoms with E-state index < -0.39 is 11.8 Å². The van der Waals surface area contributed by atoms with Crippen LogP contribution in [0.1, 0.15) is 37.8 Å². The highest BCUT2D eigenvalue weighted by Crippen LogP contribution is 2.17. The van der Waals surface area contributed by atoms with Gasteiger partial charge in [-0.1, -0.05) is 56.3 Å². The lowest BCUT2D eigenvalue weighted by Gasteiger charge is -2.06. The summed E-state index contributed by atoms with van der Waals surface area (Å²) in [6.45, 7) is 6.18. The summed E-state index contributed by atoms with van der Waals surface area (Å²) in [7, 11) is 0. The summed E-state index contributed by atoms with van der Waals surface area (Å²) in [6.07, 6.45) is 3.46. The molecule has 5 nitrogen and oxygen atoms in total. The Bertz CT molecular complexity index is 871. The second-order valence-electron chi connectivity index (χ2n) is 6.34. The number of nitrogens with one attached hydrogen (secondary N) is 2. The number of hydrazone groups is 1. The monoisotopic (exact) mass is 475 g/mol. The molecule has 140 valence electrons. The van der Waals surface area contributed by atoms with E-state index >= 15 is 0 Å². The zero-order valence-electron chi connectivity index (χ0n) is 15.5. The van der Waals surface area contributed by atoms with Gasteiger partial charge in [-0.3, -0.25) is 9.59 Å². The van der Waals surface area contributed by atoms with E-state index in [4.69, 9.17) is 0 Å². The molecule has 2 amide bonds. The predicted octanol–water partition coefficient (Wildman–Crippen LogP) is 4.56. The van der Waals surface area contributed by atoms with E-state index in [0.29, 0.717) is 11.6 Å². The van der Waals surface area contributed by atoms with Crippen LogP contribution >= 0.6 is 22.6 Å². The van der Waals surface area contributed by atoms with Crippen molar-refractivity contribution < 1.29 is 9.59 Å². The van der Waals surface area contributed by atoms with E-state index in [1.165, 1.54) is 11.8 Å². The first kappa shape index (κ1) is 20.8. The van der Waals surface area contributed by atoms with Crippen LogP contribution in [0.5, 0.6) is 0 Å². The van der Waals surface area contributed by atoms with Crippen molar-refractivity contribution in [2.45, 2.75) is 26.7 Å². The number of amides is 2. The Morgan fingerprint density at radius 3 is 2.33 bits per heavy atom. The van der Waals surface area contributed by atoms with Crippen molar-refractivity contribution in [3.63, 3.8) is 0 Å². The molecule has 0 radical (unpaired) electrons. The van der Waals surface area contributed by atoms with E-state index in [1.54, 1.807) is 12.1 Å². The van der Waals surface area contributed by atoms with Crippen molar-refractivity contribution in [1.29, 1.82) is 0 Å². The van der Waals surface area contributed by atoms with Crippen molar-refractivity contribution in [3.8, 4) is 0 Å². The van der Waals surface area contributed by atoms with Gasteiger partial charge in [0.15, 0.2) is 0 Å². The predicted molar refractivity (Wildman–Crippen MR) is 119 cm³/mol. The Kier molecular flexibility index (Phi) is 7.72. The number of hydrogen-bond acceptors (Lipinski definition) is 3. The number of halogens is 1. The summed E-state index contributed by atoms with van der Waals surface area (Å²) in [5, 5.41) is 6.40. The molecular formula is C21H22IN3O2. The number of benzene rings is 2. The van der Waals surface area contributed by atoms with Crippen molar-refractivity contribution in [2.75, 3.05) is 5.32 Å². The molecule has 2 aromatic carbocycles. The van der Waals surface area contributed by atoms with Crippen LogP contribution in [-0.2, 0) is 9.59 Å². The van der Waals surface area contributed by atoms with Crippen molar-refractivity contribution in [2.24, 2.45) is 5.10 Å². The van der Waals surface area contributed by atoms with E-state index in [1.807, 2.05) is 37.3 Å². The van der Waals surface area contributed by atoms with E-state index in [0.717, 1.165) is 14.7 Å². The van der Waals surface area contributed by atoms with Gasteiger partial charge in [-0.15, -0.1) is 0 Å². The van der Waals surface area contributed by atoms with Crippen LogP contribution in [0.15, 0.2) is 59.2 Å². The summed E-state index contributed by atoms with van der Waals surface area (Å²) in [6, 6.07) is 15.5. The molecule has 0 unspecified atom stereocenters. The first-order valence-corrected chi connectivity index (χ1v) is 9.62. The lowest BCUT2D eigenvalue weighted by atomic mass is 10.0. The van der Waals surface area contributed by atoms with Gasteiger partial charge in [0, 0.05) is 3.57 Å². The summed E-state index contributed by atoms with van der Waals surface area (Å²) < 4.78 is 0.849. The molecule has 2 N–H and O–H groups in total. The first-order valence-electron chi connectivity index (χ1n) is 8.54. The summed E-state index contributed by atoms with van der Waals surface area (Å²) in [5.74, 6) is -1.09. The van der Waals surface area contributed by atoms with Crippen LogP contribution in [0.4, 0.5) is 5.69 Å². The molecule has 0 aliphatic carbocycles. The van der Waals surface area contributed by atoms with E-state index in [9.17, 15) is 9.59 Å². The molecule has 0 fully saturated rings. The lowest BCUT2D eigenvalue weighted by Crippen LogP contribution is -2.32. The molecule has 0 aliphatic rings. The molecule has 0 saturated heterocycles. The van der Waals surface area contributed by atoms with Crippen LogP contribution in [0.2, 0.25) is 0 Å². The number of carbonyl (C=O) groups is 2. The van der Waals surface area contributed by atoms with Crippen LogP contribution < -0.4 is 10.7 Å². The minimum Gasteiger partial charge on any atom is -0.317 e. The summed E-state index contributed by atoms with van der Waals surface area (Å²) in [4.78, 5) is 23.7. The highest BCUT2D eigenvalue weighted by atomic mass is 127. The molecule has 0 heterocycles. The third-order valence-corrected chi connectivity index (χ3v) is 4.70. The Morgan fingerprint density at radius 2 is 1.70 bits per heavy atom. The SMILES string of the molecule is C/C(C=NNC(=O)C(=O)Nc1ccccc1I)=C/c1ccc(C(C)C)cc1. The Morgan fingerprint density at radius 1 is 1.04 bits per heavy atom. The largest absolute Gasteiger partial charge is 0.329 e. The fourth-order valence-electron chi connectivity index (χ4n) is 2.26. The average molecular weight is 475 g/mol. The minimum absolute atomic E-state index is 0.492. The normalized spacial score (nSPS) is 11.7. The summed E-state index contributed by atoms with van der Waals surface area (Å²) in [5.41, 5.74) is 6.01. The maximum atomic E-state index is 11.9. The molecule has 2 aromatic rings. The highest BCUT2D eigenvalue weighted by molar-refractivity contribution is 14.1. The zero-order chi connectivity index (χ0) is 19.8. The Labute approximate surface area is 173 Å². The highest BCUT2D eigenvalue weighted by Gasteiger charge is 2.13. The number of carbonyl (C=O) groups excluding carboxylic acids is 2. The van der Waals surface area contributed by atoms with Crippen molar-refractivity contribution in [3.05, 3.63) is 68.8 Å². The fourth-order valence-corrected chi connectivity index (χ4v) is 2.78. The maximum absolute atomic E-state index is 11.9. The second-order valence-corrected chi connectivity index (χ2v) is 7.51. The summed E-state index contributed by atoms with van der Waals surface area (Å²) >= 11 is 2.09. The molecule has 27 heavy (non-hydrogen) atoms. The number of nitrogens with zero attached hydrogens (tertiary/aromatic N) is 1. The van der Waals surface area contributed by atoms with Gasteiger partial charge in [0.2, 0.25) is 0 Å². The number of para-hydroxylation sites is 1. The minimum atomic E-state index is -0.819. The van der Waals surface area contributed by atoms with Crippen LogP contribution in [0, 0.1) is 3.57 Å². The third-order valence-electron chi connectivity index (χ3n) is 3.76. The van der Waals surface area contributed by atoms with E-state index in [-0.39, 0.29) is 0 Å². The second kappa shape index (κ2) is 10.0. The van der Waals surface area contributed by atoms with Crippen molar-refractivity contribution in [1.82, 2.24) is 5.43 Å². The van der Waals surface area contributed by atoms with Crippen LogP contribution in [0.3, 0.4) is 0 Å². The first-order chi connectivity index (χ1) is 12.9. The molecule has 0 aromatic heterocycles. The van der Waals surface area contributed by atoms with Gasteiger partial charge in [0.25, 0.3) is 0 Å². The molecule has 2 rings (SSSR count). The van der Waals surface area contributed by atoms with Gasteiger partial charge in [0.1, 0.15) is 0 Å². The van der Waals surface area contributed by atoms with Gasteiger partial charge < -0.3 is 5.32 Å². The molecule has 0 atom stereocenters. The number of rotatable bonds is 5. The fraction of sp³-hybridized carbons (Fsp3) is 0.190. The zero-order valence-corrected chi connectivity index (χ0v) is 17.7. The molecule has 6 heteroatoms. The number of allylic oxidation sites excluding steroid dienone is 1. The lowest BCUT2D eigenvalue weighted by molar-refractivity contribution is -0.136.